The van der Waals surface area contributed by atoms with Gasteiger partial charge in [-0.3, -0.25) is 4.79 Å². The highest BCUT2D eigenvalue weighted by Crippen LogP contribution is 2.22. The summed E-state index contributed by atoms with van der Waals surface area (Å²) >= 11 is 11.3. The van der Waals surface area contributed by atoms with E-state index in [1.54, 1.807) is 0 Å². The molecular weight excluding hydrogens is 267 g/mol. The molecule has 0 aliphatic heterocycles. The van der Waals surface area contributed by atoms with Crippen LogP contribution in [0.2, 0.25) is 10.3 Å². The van der Waals surface area contributed by atoms with Gasteiger partial charge in [-0.2, -0.15) is 0 Å². The fourth-order valence-corrected chi connectivity index (χ4v) is 1.71. The van der Waals surface area contributed by atoms with Crippen molar-refractivity contribution in [1.29, 1.82) is 0 Å². The van der Waals surface area contributed by atoms with Crippen molar-refractivity contribution in [3.63, 3.8) is 0 Å². The quantitative estimate of drug-likeness (QED) is 0.716. The Morgan fingerprint density at radius 2 is 1.94 bits per heavy atom. The average Bonchev–Trinajstić information content (AvgIpc) is 2.23. The third-order valence-electron chi connectivity index (χ3n) is 2.05. The molecule has 0 spiro atoms. The number of pyridine rings is 1. The van der Waals surface area contributed by atoms with Gasteiger partial charge in [0.2, 0.25) is 5.91 Å². The van der Waals surface area contributed by atoms with Crippen LogP contribution in [-0.4, -0.2) is 33.8 Å². The van der Waals surface area contributed by atoms with Crippen LogP contribution in [0.5, 0.6) is 0 Å². The summed E-state index contributed by atoms with van der Waals surface area (Å²) in [4.78, 5) is 14.4. The molecule has 1 amide bonds. The highest BCUT2D eigenvalue weighted by Gasteiger charge is 2.19. The Balaban J connectivity index is 2.73. The van der Waals surface area contributed by atoms with Crippen LogP contribution in [0.4, 0.5) is 0 Å². The van der Waals surface area contributed by atoms with Gasteiger partial charge in [0, 0.05) is 13.5 Å². The minimum Gasteiger partial charge on any atom is -0.388 e. The van der Waals surface area contributed by atoms with E-state index in [4.69, 9.17) is 23.2 Å². The number of hydrogen-bond acceptors (Lipinski definition) is 4. The highest BCUT2D eigenvalue weighted by atomic mass is 35.5. The lowest BCUT2D eigenvalue weighted by atomic mass is 10.1. The summed E-state index contributed by atoms with van der Waals surface area (Å²) in [6.07, 6.45) is -2.34. The van der Waals surface area contributed by atoms with Gasteiger partial charge in [0.05, 0.1) is 0 Å². The van der Waals surface area contributed by atoms with Crippen molar-refractivity contribution in [2.24, 2.45) is 0 Å². The number of amides is 1. The van der Waals surface area contributed by atoms with Crippen molar-refractivity contribution < 1.29 is 15.0 Å². The molecule has 1 aromatic rings. The number of halogens is 2. The third kappa shape index (κ3) is 4.47. The predicted octanol–water partition coefficient (Wildman–Crippen LogP) is 0.919. The molecule has 17 heavy (non-hydrogen) atoms. The molecule has 1 rings (SSSR count). The number of nitrogens with zero attached hydrogens (tertiary/aromatic N) is 1. The number of hydrogen-bond donors (Lipinski definition) is 3. The molecule has 94 valence electrons. The summed E-state index contributed by atoms with van der Waals surface area (Å²) in [6.45, 7) is 1.26. The van der Waals surface area contributed by atoms with E-state index in [0.29, 0.717) is 5.56 Å². The zero-order chi connectivity index (χ0) is 13.0. The van der Waals surface area contributed by atoms with Crippen molar-refractivity contribution >= 4 is 29.1 Å². The van der Waals surface area contributed by atoms with Crippen LogP contribution in [0, 0.1) is 0 Å². The van der Waals surface area contributed by atoms with E-state index in [1.807, 2.05) is 0 Å². The maximum absolute atomic E-state index is 10.7. The molecule has 0 fully saturated rings. The van der Waals surface area contributed by atoms with Crippen LogP contribution in [0.3, 0.4) is 0 Å². The van der Waals surface area contributed by atoms with Crippen molar-refractivity contribution in [3.05, 3.63) is 28.0 Å². The first-order valence-corrected chi connectivity index (χ1v) is 5.59. The van der Waals surface area contributed by atoms with Crippen LogP contribution in [0.1, 0.15) is 18.6 Å². The minimum atomic E-state index is -1.19. The predicted molar refractivity (Wildman–Crippen MR) is 63.9 cm³/mol. The van der Waals surface area contributed by atoms with Gasteiger partial charge in [0.1, 0.15) is 22.5 Å². The normalized spacial score (nSPS) is 14.2. The maximum atomic E-state index is 10.7. The Bertz CT molecular complexity index is 394. The number of aliphatic hydroxyl groups excluding tert-OH is 2. The largest absolute Gasteiger partial charge is 0.388 e. The van der Waals surface area contributed by atoms with Crippen LogP contribution in [0.25, 0.3) is 0 Å². The van der Waals surface area contributed by atoms with Crippen molar-refractivity contribution in [3.8, 4) is 0 Å². The molecule has 1 aromatic heterocycles. The second kappa shape index (κ2) is 6.16. The van der Waals surface area contributed by atoms with Crippen molar-refractivity contribution in [1.82, 2.24) is 10.3 Å². The summed E-state index contributed by atoms with van der Waals surface area (Å²) < 4.78 is 0. The summed E-state index contributed by atoms with van der Waals surface area (Å²) in [5.74, 6) is -0.290. The molecule has 0 aliphatic carbocycles. The first-order valence-electron chi connectivity index (χ1n) is 4.83. The zero-order valence-corrected chi connectivity index (χ0v) is 10.5. The number of nitrogens with one attached hydrogen (secondary N) is 1. The Hall–Kier alpha value is -0.880. The molecular formula is C10H12Cl2N2O3. The molecule has 0 bridgehead atoms. The maximum Gasteiger partial charge on any atom is 0.216 e. The topological polar surface area (TPSA) is 82.5 Å². The van der Waals surface area contributed by atoms with Crippen molar-refractivity contribution in [2.75, 3.05) is 6.54 Å². The summed E-state index contributed by atoms with van der Waals surface area (Å²) in [6, 6.07) is 2.80. The van der Waals surface area contributed by atoms with Gasteiger partial charge in [0.25, 0.3) is 0 Å². The Morgan fingerprint density at radius 1 is 1.41 bits per heavy atom. The van der Waals surface area contributed by atoms with Crippen LogP contribution < -0.4 is 5.32 Å². The minimum absolute atomic E-state index is 0.0614. The first-order chi connectivity index (χ1) is 7.90. The number of carbonyl (C=O) groups is 1. The van der Waals surface area contributed by atoms with Gasteiger partial charge in [-0.15, -0.1) is 0 Å². The van der Waals surface area contributed by atoms with Gasteiger partial charge >= 0.3 is 0 Å². The van der Waals surface area contributed by atoms with Crippen LogP contribution in [0.15, 0.2) is 12.1 Å². The number of rotatable bonds is 4. The van der Waals surface area contributed by atoms with E-state index in [9.17, 15) is 15.0 Å². The second-order valence-electron chi connectivity index (χ2n) is 3.50. The van der Waals surface area contributed by atoms with E-state index in [0.717, 1.165) is 0 Å². The highest BCUT2D eigenvalue weighted by molar-refractivity contribution is 6.32. The van der Waals surface area contributed by atoms with Gasteiger partial charge in [-0.25, -0.2) is 4.98 Å². The Labute approximate surface area is 108 Å². The molecule has 0 aliphatic rings. The second-order valence-corrected chi connectivity index (χ2v) is 4.27. The average molecular weight is 279 g/mol. The fraction of sp³-hybridized carbons (Fsp3) is 0.400. The molecule has 2 unspecified atom stereocenters. The molecule has 0 saturated heterocycles. The lowest BCUT2D eigenvalue weighted by molar-refractivity contribution is -0.119. The summed E-state index contributed by atoms with van der Waals surface area (Å²) in [5.41, 5.74) is 0.341. The van der Waals surface area contributed by atoms with Crippen LogP contribution >= 0.6 is 23.2 Å². The van der Waals surface area contributed by atoms with Gasteiger partial charge in [0.15, 0.2) is 0 Å². The van der Waals surface area contributed by atoms with E-state index < -0.39 is 12.2 Å². The van der Waals surface area contributed by atoms with E-state index in [-0.39, 0.29) is 22.8 Å². The molecule has 5 nitrogen and oxygen atoms in total. The molecule has 1 heterocycles. The Morgan fingerprint density at radius 3 is 2.41 bits per heavy atom. The van der Waals surface area contributed by atoms with Crippen molar-refractivity contribution in [2.45, 2.75) is 19.1 Å². The SMILES string of the molecule is CC(=O)NCC(O)C(O)c1cc(Cl)nc(Cl)c1. The fourth-order valence-electron chi connectivity index (χ4n) is 1.24. The molecule has 0 radical (unpaired) electrons. The zero-order valence-electron chi connectivity index (χ0n) is 9.02. The number of carbonyl (C=O) groups excluding carboxylic acids is 1. The molecule has 7 heteroatoms. The lowest BCUT2D eigenvalue weighted by Crippen LogP contribution is -2.34. The molecule has 3 N–H and O–H groups in total. The molecule has 0 aromatic carbocycles. The van der Waals surface area contributed by atoms with Gasteiger partial charge < -0.3 is 15.5 Å². The third-order valence-corrected chi connectivity index (χ3v) is 2.44. The standard InChI is InChI=1S/C10H12Cl2N2O3/c1-5(15)13-4-7(16)10(17)6-2-8(11)14-9(12)3-6/h2-3,7,10,16-17H,4H2,1H3,(H,13,15). The monoisotopic (exact) mass is 278 g/mol. The Kier molecular flexibility index (Phi) is 5.14. The van der Waals surface area contributed by atoms with Crippen LogP contribution in [-0.2, 0) is 4.79 Å². The molecule has 2 atom stereocenters. The van der Waals surface area contributed by atoms with Gasteiger partial charge in [-0.05, 0) is 17.7 Å². The summed E-state index contributed by atoms with van der Waals surface area (Å²) in [5, 5.41) is 22.1. The smallest absolute Gasteiger partial charge is 0.216 e. The first kappa shape index (κ1) is 14.2. The molecule has 0 saturated carbocycles. The van der Waals surface area contributed by atoms with Gasteiger partial charge in [-0.1, -0.05) is 23.2 Å². The van der Waals surface area contributed by atoms with E-state index in [2.05, 4.69) is 10.3 Å². The lowest BCUT2D eigenvalue weighted by Gasteiger charge is -2.18. The van der Waals surface area contributed by atoms with E-state index >= 15 is 0 Å². The summed E-state index contributed by atoms with van der Waals surface area (Å²) in [7, 11) is 0. The van der Waals surface area contributed by atoms with E-state index in [1.165, 1.54) is 19.1 Å². The number of aliphatic hydroxyl groups is 2. The number of aromatic nitrogens is 1.